The molecule has 9 nitrogen and oxygen atoms in total. The van der Waals surface area contributed by atoms with E-state index in [1.165, 1.54) is 0 Å². The second-order valence-electron chi connectivity index (χ2n) is 8.52. The summed E-state index contributed by atoms with van der Waals surface area (Å²) in [6, 6.07) is 5.08. The number of hydrogen-bond donors (Lipinski definition) is 2. The van der Waals surface area contributed by atoms with Crippen LogP contribution in [0.2, 0.25) is 0 Å². The largest absolute Gasteiger partial charge is 0.380 e. The zero-order valence-electron chi connectivity index (χ0n) is 18.6. The maximum absolute atomic E-state index is 5.57. The molecule has 0 aromatic carbocycles. The van der Waals surface area contributed by atoms with Crippen molar-refractivity contribution >= 4 is 28.6 Å². The Bertz CT molecular complexity index is 1090. The van der Waals surface area contributed by atoms with Gasteiger partial charge in [0.1, 0.15) is 16.9 Å². The van der Waals surface area contributed by atoms with Crippen LogP contribution < -0.4 is 15.5 Å². The average molecular weight is 423 g/mol. The van der Waals surface area contributed by atoms with E-state index in [1.54, 1.807) is 0 Å². The molecule has 2 aliphatic rings. The maximum atomic E-state index is 5.57. The molecular formula is C22H30N8O. The quantitative estimate of drug-likeness (QED) is 0.561. The molecule has 2 bridgehead atoms. The predicted octanol–water partition coefficient (Wildman–Crippen LogP) is 2.48. The van der Waals surface area contributed by atoms with Gasteiger partial charge in [0.05, 0.1) is 18.8 Å². The molecule has 9 heteroatoms. The van der Waals surface area contributed by atoms with Gasteiger partial charge in [0.15, 0.2) is 5.82 Å². The lowest BCUT2D eigenvalue weighted by Crippen LogP contribution is -2.44. The molecule has 0 aliphatic carbocycles. The number of hydrogen-bond acceptors (Lipinski definition) is 8. The summed E-state index contributed by atoms with van der Waals surface area (Å²) in [6.07, 6.45) is 1.15. The Labute approximate surface area is 182 Å². The monoisotopic (exact) mass is 422 g/mol. The Morgan fingerprint density at radius 2 is 2.06 bits per heavy atom. The summed E-state index contributed by atoms with van der Waals surface area (Å²) >= 11 is 0. The summed E-state index contributed by atoms with van der Waals surface area (Å²) < 4.78 is 7.53. The highest BCUT2D eigenvalue weighted by atomic mass is 16.5. The Hall–Kier alpha value is -2.78. The first-order chi connectivity index (χ1) is 15.0. The number of nitrogens with one attached hydrogen (secondary N) is 2. The normalized spacial score (nSPS) is 20.2. The molecule has 31 heavy (non-hydrogen) atoms. The number of piperazine rings is 1. The van der Waals surface area contributed by atoms with Gasteiger partial charge >= 0.3 is 0 Å². The molecule has 2 atom stereocenters. The zero-order chi connectivity index (χ0) is 21.5. The van der Waals surface area contributed by atoms with E-state index in [9.17, 15) is 0 Å². The van der Waals surface area contributed by atoms with Gasteiger partial charge in [0.2, 0.25) is 5.95 Å². The molecule has 0 spiro atoms. The van der Waals surface area contributed by atoms with E-state index in [0.29, 0.717) is 31.8 Å². The minimum atomic E-state index is 0.447. The van der Waals surface area contributed by atoms with Crippen LogP contribution in [0.5, 0.6) is 0 Å². The molecule has 2 aliphatic heterocycles. The minimum absolute atomic E-state index is 0.447. The van der Waals surface area contributed by atoms with Gasteiger partial charge in [0, 0.05) is 37.5 Å². The summed E-state index contributed by atoms with van der Waals surface area (Å²) in [5.41, 5.74) is 4.80. The van der Waals surface area contributed by atoms with Crippen LogP contribution in [0.1, 0.15) is 30.3 Å². The van der Waals surface area contributed by atoms with Crippen LogP contribution in [0, 0.1) is 20.8 Å². The predicted molar refractivity (Wildman–Crippen MR) is 121 cm³/mol. The fourth-order valence-corrected chi connectivity index (χ4v) is 4.72. The highest BCUT2D eigenvalue weighted by Crippen LogP contribution is 2.32. The Morgan fingerprint density at radius 1 is 1.19 bits per heavy atom. The number of pyridine rings is 1. The molecule has 0 saturated carbocycles. The third-order valence-corrected chi connectivity index (χ3v) is 6.05. The van der Waals surface area contributed by atoms with Gasteiger partial charge in [0.25, 0.3) is 0 Å². The fourth-order valence-electron chi connectivity index (χ4n) is 4.72. The van der Waals surface area contributed by atoms with Crippen LogP contribution in [0.25, 0.3) is 11.0 Å². The van der Waals surface area contributed by atoms with Gasteiger partial charge in [-0.15, -0.1) is 0 Å². The van der Waals surface area contributed by atoms with Crippen molar-refractivity contribution in [3.63, 3.8) is 0 Å². The average Bonchev–Trinajstić information content (AvgIpc) is 3.43. The maximum Gasteiger partial charge on any atom is 0.228 e. The molecular weight excluding hydrogens is 392 g/mol. The third-order valence-electron chi connectivity index (χ3n) is 6.05. The number of aryl methyl sites for hydroxylation is 3. The van der Waals surface area contributed by atoms with E-state index >= 15 is 0 Å². The van der Waals surface area contributed by atoms with E-state index in [2.05, 4.69) is 33.5 Å². The second kappa shape index (κ2) is 8.05. The smallest absolute Gasteiger partial charge is 0.228 e. The van der Waals surface area contributed by atoms with Gasteiger partial charge in [-0.25, -0.2) is 9.97 Å². The number of rotatable bonds is 7. The molecule has 164 valence electrons. The van der Waals surface area contributed by atoms with Crippen LogP contribution in [-0.4, -0.2) is 63.1 Å². The molecule has 3 aromatic heterocycles. The number of ether oxygens (including phenoxy) is 1. The fraction of sp³-hybridized carbons (Fsp3) is 0.545. The van der Waals surface area contributed by atoms with Crippen molar-refractivity contribution in [3.05, 3.63) is 29.1 Å². The van der Waals surface area contributed by atoms with E-state index in [4.69, 9.17) is 19.8 Å². The zero-order valence-corrected chi connectivity index (χ0v) is 18.6. The van der Waals surface area contributed by atoms with Crippen LogP contribution in [0.15, 0.2) is 12.1 Å². The number of anilines is 3. The van der Waals surface area contributed by atoms with E-state index in [0.717, 1.165) is 65.1 Å². The van der Waals surface area contributed by atoms with Crippen LogP contribution in [0.3, 0.4) is 0 Å². The van der Waals surface area contributed by atoms with Gasteiger partial charge in [-0.3, -0.25) is 4.68 Å². The highest BCUT2D eigenvalue weighted by Gasteiger charge is 2.39. The third kappa shape index (κ3) is 3.83. The summed E-state index contributed by atoms with van der Waals surface area (Å²) in [5.74, 6) is 2.29. The topological polar surface area (TPSA) is 93.0 Å². The van der Waals surface area contributed by atoms with Crippen LogP contribution >= 0.6 is 0 Å². The van der Waals surface area contributed by atoms with Crippen molar-refractivity contribution in [2.24, 2.45) is 0 Å². The number of aromatic nitrogens is 5. The lowest BCUT2D eigenvalue weighted by atomic mass is 10.2. The van der Waals surface area contributed by atoms with Crippen molar-refractivity contribution in [1.82, 2.24) is 30.0 Å². The molecule has 2 N–H and O–H groups in total. The lowest BCUT2D eigenvalue weighted by molar-refractivity contribution is 0.137. The first-order valence-corrected chi connectivity index (χ1v) is 11.1. The highest BCUT2D eigenvalue weighted by molar-refractivity contribution is 5.90. The van der Waals surface area contributed by atoms with Gasteiger partial charge in [-0.1, -0.05) is 0 Å². The molecule has 5 heterocycles. The molecule has 3 aromatic rings. The molecule has 5 rings (SSSR count). The second-order valence-corrected chi connectivity index (χ2v) is 8.52. The summed E-state index contributed by atoms with van der Waals surface area (Å²) in [4.78, 5) is 17.0. The Balaban J connectivity index is 1.60. The first kappa shape index (κ1) is 20.1. The SMILES string of the molecule is CCOCCn1nc(C)c2nc(N3C[C@H]4C[C@@H]3CN4)nc(Nc3cc(C)cc(C)n3)c21. The Morgan fingerprint density at radius 3 is 2.77 bits per heavy atom. The lowest BCUT2D eigenvalue weighted by Gasteiger charge is -2.27. The standard InChI is InChI=1S/C22H30N8O/c1-5-31-7-6-30-20-19(15(4)28-30)26-22(29-12-16-10-17(29)11-23-16)27-21(20)25-18-9-13(2)8-14(3)24-18/h8-9,16-17,23H,5-7,10-12H2,1-4H3,(H,24,25,26,27)/t16-,17-/m1/s1. The Kier molecular flexibility index (Phi) is 5.23. The van der Waals surface area contributed by atoms with Crippen molar-refractivity contribution in [2.45, 2.75) is 52.7 Å². The van der Waals surface area contributed by atoms with Crippen molar-refractivity contribution < 1.29 is 4.74 Å². The van der Waals surface area contributed by atoms with E-state index < -0.39 is 0 Å². The van der Waals surface area contributed by atoms with Crippen molar-refractivity contribution in [3.8, 4) is 0 Å². The van der Waals surface area contributed by atoms with E-state index in [1.807, 2.05) is 31.5 Å². The molecule has 0 amide bonds. The first-order valence-electron chi connectivity index (χ1n) is 11.1. The number of fused-ring (bicyclic) bond motifs is 3. The van der Waals surface area contributed by atoms with Gasteiger partial charge in [-0.2, -0.15) is 10.1 Å². The van der Waals surface area contributed by atoms with Crippen molar-refractivity contribution in [2.75, 3.05) is 36.5 Å². The minimum Gasteiger partial charge on any atom is -0.380 e. The molecule has 2 fully saturated rings. The van der Waals surface area contributed by atoms with Gasteiger partial charge in [-0.05, 0) is 51.8 Å². The molecule has 0 radical (unpaired) electrons. The number of nitrogens with zero attached hydrogens (tertiary/aromatic N) is 6. The molecule has 2 saturated heterocycles. The van der Waals surface area contributed by atoms with Gasteiger partial charge < -0.3 is 20.3 Å². The van der Waals surface area contributed by atoms with Crippen molar-refractivity contribution in [1.29, 1.82) is 0 Å². The van der Waals surface area contributed by atoms with E-state index in [-0.39, 0.29) is 0 Å². The summed E-state index contributed by atoms with van der Waals surface area (Å²) in [5, 5.41) is 11.8. The molecule has 0 unspecified atom stereocenters. The van der Waals surface area contributed by atoms with Crippen LogP contribution in [-0.2, 0) is 11.3 Å². The summed E-state index contributed by atoms with van der Waals surface area (Å²) in [7, 11) is 0. The summed E-state index contributed by atoms with van der Waals surface area (Å²) in [6.45, 7) is 11.9. The van der Waals surface area contributed by atoms with Crippen LogP contribution in [0.4, 0.5) is 17.6 Å².